The zero-order valence-electron chi connectivity index (χ0n) is 28.7. The van der Waals surface area contributed by atoms with Gasteiger partial charge in [-0.25, -0.2) is 0 Å². The predicted octanol–water partition coefficient (Wildman–Crippen LogP) is 4.22. The van der Waals surface area contributed by atoms with E-state index >= 15 is 0 Å². The molecule has 2 heterocycles. The number of methoxy groups -OCH3 is 1. The molecule has 48 heavy (non-hydrogen) atoms. The SMILES string of the molecule is COc1ccc(C(=O)[C@@H]2O[C@]23C(=O)C[C@]2(C)[C@H]4C=C[C@]56C[C@]5(CC[C@H]6[C@H]5C(=O)O[C@@H](/C=C(\C)CO)[C@@H]5O)[C@]4(C)[C@H](O)C[C@H]2C3(C)C)cc1. The lowest BCUT2D eigenvalue weighted by atomic mass is 9.37. The zero-order chi connectivity index (χ0) is 34.4. The van der Waals surface area contributed by atoms with Crippen LogP contribution in [0.25, 0.3) is 0 Å². The van der Waals surface area contributed by atoms with Crippen LogP contribution in [0.5, 0.6) is 5.75 Å². The minimum Gasteiger partial charge on any atom is -0.497 e. The van der Waals surface area contributed by atoms with E-state index in [4.69, 9.17) is 14.2 Å². The van der Waals surface area contributed by atoms with Crippen molar-refractivity contribution in [3.63, 3.8) is 0 Å². The van der Waals surface area contributed by atoms with Crippen LogP contribution >= 0.6 is 0 Å². The Hall–Kier alpha value is -2.85. The molecule has 3 N–H and O–H groups in total. The molecule has 0 bridgehead atoms. The minimum absolute atomic E-state index is 0.0474. The van der Waals surface area contributed by atoms with Gasteiger partial charge in [-0.2, -0.15) is 0 Å². The summed E-state index contributed by atoms with van der Waals surface area (Å²) in [6, 6.07) is 6.87. The summed E-state index contributed by atoms with van der Waals surface area (Å²) in [7, 11) is 1.57. The standard InChI is InChI=1S/C39H48O9/c1-20(18-40)15-24-31(44)29(33(45)47-24)23-11-14-38-19-37(23,38)13-12-25-35(4)17-28(42)39(34(2,3)26(35)16-27(41)36(25,38)5)32(48-39)30(43)21-7-9-22(46-6)10-8-21/h7-10,12-13,15,23-27,29,31-32,40-41,44H,11,14,16-19H2,1-6H3/b20-15+/t23-,24-,25+,26-,27+,29+,31-,32-,35+,36-,37+,38+,39+/m0/s1. The monoisotopic (exact) mass is 660 g/mol. The van der Waals surface area contributed by atoms with Gasteiger partial charge in [-0.3, -0.25) is 14.4 Å². The highest BCUT2D eigenvalue weighted by atomic mass is 16.6. The maximum Gasteiger partial charge on any atom is 0.312 e. The number of benzene rings is 1. The van der Waals surface area contributed by atoms with Gasteiger partial charge in [-0.05, 0) is 103 Å². The Labute approximate surface area is 281 Å². The normalized spacial score (nSPS) is 49.5. The molecule has 7 aliphatic rings. The molecule has 0 amide bonds. The molecule has 2 saturated heterocycles. The molecule has 0 aromatic heterocycles. The third-order valence-corrected chi connectivity index (χ3v) is 15.2. The molecule has 4 saturated carbocycles. The molecule has 1 aromatic carbocycles. The van der Waals surface area contributed by atoms with Gasteiger partial charge in [0.2, 0.25) is 0 Å². The number of fused-ring (bicyclic) bond motifs is 3. The topological polar surface area (TPSA) is 143 Å². The molecule has 258 valence electrons. The quantitative estimate of drug-likeness (QED) is 0.177. The summed E-state index contributed by atoms with van der Waals surface area (Å²) in [6.45, 7) is 10.0. The predicted molar refractivity (Wildman–Crippen MR) is 174 cm³/mol. The summed E-state index contributed by atoms with van der Waals surface area (Å²) in [5.74, 6) is -1.03. The smallest absolute Gasteiger partial charge is 0.312 e. The Morgan fingerprint density at radius 1 is 1.10 bits per heavy atom. The molecule has 6 fully saturated rings. The van der Waals surface area contributed by atoms with Crippen molar-refractivity contribution in [2.24, 2.45) is 50.7 Å². The van der Waals surface area contributed by atoms with Gasteiger partial charge in [0.05, 0.1) is 25.7 Å². The molecule has 9 heteroatoms. The lowest BCUT2D eigenvalue weighted by Crippen LogP contribution is -2.68. The molecule has 9 nitrogen and oxygen atoms in total. The van der Waals surface area contributed by atoms with E-state index in [1.54, 1.807) is 44.4 Å². The molecule has 2 aliphatic heterocycles. The van der Waals surface area contributed by atoms with Crippen molar-refractivity contribution < 1.29 is 43.9 Å². The Balaban J connectivity index is 1.11. The number of Topliss-reactive ketones (excluding diaryl/α,β-unsaturated/α-hetero) is 2. The van der Waals surface area contributed by atoms with Crippen molar-refractivity contribution in [1.29, 1.82) is 0 Å². The maximum absolute atomic E-state index is 14.4. The van der Waals surface area contributed by atoms with Gasteiger partial charge in [-0.1, -0.05) is 39.8 Å². The number of aliphatic hydroxyl groups excluding tert-OH is 3. The van der Waals surface area contributed by atoms with Crippen molar-refractivity contribution in [3.8, 4) is 5.75 Å². The van der Waals surface area contributed by atoms with E-state index in [1.807, 2.05) is 13.8 Å². The van der Waals surface area contributed by atoms with E-state index in [0.29, 0.717) is 23.3 Å². The molecule has 0 unspecified atom stereocenters. The van der Waals surface area contributed by atoms with Crippen LogP contribution in [0.1, 0.15) is 77.1 Å². The summed E-state index contributed by atoms with van der Waals surface area (Å²) < 4.78 is 17.1. The average molecular weight is 661 g/mol. The van der Waals surface area contributed by atoms with Gasteiger partial charge < -0.3 is 29.5 Å². The highest BCUT2D eigenvalue weighted by Gasteiger charge is 2.87. The number of carbonyl (C=O) groups excluding carboxylic acids is 3. The third kappa shape index (κ3) is 3.59. The lowest BCUT2D eigenvalue weighted by Gasteiger charge is -2.67. The molecule has 1 aromatic rings. The van der Waals surface area contributed by atoms with E-state index in [2.05, 4.69) is 26.0 Å². The van der Waals surface area contributed by atoms with E-state index in [-0.39, 0.29) is 53.2 Å². The van der Waals surface area contributed by atoms with Gasteiger partial charge in [0.25, 0.3) is 0 Å². The fourth-order valence-corrected chi connectivity index (χ4v) is 12.8. The van der Waals surface area contributed by atoms with E-state index < -0.39 is 58.1 Å². The summed E-state index contributed by atoms with van der Waals surface area (Å²) in [5.41, 5.74) is -2.49. The highest BCUT2D eigenvalue weighted by molar-refractivity contribution is 6.09. The first-order valence-corrected chi connectivity index (χ1v) is 17.5. The van der Waals surface area contributed by atoms with Crippen LogP contribution in [0, 0.1) is 50.7 Å². The number of ether oxygens (including phenoxy) is 3. The number of carbonyl (C=O) groups is 3. The van der Waals surface area contributed by atoms with E-state index in [9.17, 15) is 29.7 Å². The fraction of sp³-hybridized carbons (Fsp3) is 0.667. The first-order valence-electron chi connectivity index (χ1n) is 17.5. The van der Waals surface area contributed by atoms with Crippen molar-refractivity contribution in [2.45, 2.75) is 96.7 Å². The Morgan fingerprint density at radius 3 is 2.48 bits per heavy atom. The number of hydrogen-bond donors (Lipinski definition) is 3. The number of rotatable bonds is 6. The summed E-state index contributed by atoms with van der Waals surface area (Å²) >= 11 is 0. The van der Waals surface area contributed by atoms with Crippen LogP contribution in [0.3, 0.4) is 0 Å². The number of allylic oxidation sites excluding steroid dienone is 2. The first-order chi connectivity index (χ1) is 22.6. The van der Waals surface area contributed by atoms with Crippen molar-refractivity contribution in [1.82, 2.24) is 0 Å². The molecule has 8 rings (SSSR count). The second-order valence-electron chi connectivity index (χ2n) is 17.1. The molecule has 5 aliphatic carbocycles. The van der Waals surface area contributed by atoms with Crippen LogP contribution < -0.4 is 4.74 Å². The summed E-state index contributed by atoms with van der Waals surface area (Å²) in [4.78, 5) is 41.4. The number of hydrogen-bond acceptors (Lipinski definition) is 9. The number of aliphatic hydroxyl groups is 3. The highest BCUT2D eigenvalue weighted by Crippen LogP contribution is 2.89. The number of cyclic esters (lactones) is 1. The summed E-state index contributed by atoms with van der Waals surface area (Å²) in [6.07, 6.45) is 5.92. The average Bonchev–Trinajstić information content (AvgIpc) is 3.92. The lowest BCUT2D eigenvalue weighted by molar-refractivity contribution is -0.210. The molecule has 13 atom stereocenters. The van der Waals surface area contributed by atoms with E-state index in [0.717, 1.165) is 19.3 Å². The Morgan fingerprint density at radius 2 is 1.81 bits per heavy atom. The summed E-state index contributed by atoms with van der Waals surface area (Å²) in [5, 5.41) is 33.2. The second kappa shape index (κ2) is 9.89. The minimum atomic E-state index is -1.24. The Bertz CT molecular complexity index is 1660. The van der Waals surface area contributed by atoms with Gasteiger partial charge in [0.1, 0.15) is 18.0 Å². The van der Waals surface area contributed by atoms with Crippen LogP contribution in [0.15, 0.2) is 48.1 Å². The zero-order valence-corrected chi connectivity index (χ0v) is 28.7. The number of epoxide rings is 1. The van der Waals surface area contributed by atoms with Crippen molar-refractivity contribution in [2.75, 3.05) is 13.7 Å². The second-order valence-corrected chi connectivity index (χ2v) is 17.1. The number of esters is 1. The largest absolute Gasteiger partial charge is 0.497 e. The van der Waals surface area contributed by atoms with Gasteiger partial charge >= 0.3 is 5.97 Å². The van der Waals surface area contributed by atoms with Crippen LogP contribution in [0.2, 0.25) is 0 Å². The molecule has 1 spiro atoms. The van der Waals surface area contributed by atoms with Crippen LogP contribution in [-0.4, -0.2) is 76.6 Å². The molecular weight excluding hydrogens is 612 g/mol. The van der Waals surface area contributed by atoms with Crippen molar-refractivity contribution in [3.05, 3.63) is 53.6 Å². The van der Waals surface area contributed by atoms with Gasteiger partial charge in [0, 0.05) is 22.8 Å². The third-order valence-electron chi connectivity index (χ3n) is 15.2. The van der Waals surface area contributed by atoms with Gasteiger partial charge in [-0.15, -0.1) is 0 Å². The Kier molecular flexibility index (Phi) is 6.67. The molecule has 0 radical (unpaired) electrons. The van der Waals surface area contributed by atoms with Crippen LogP contribution in [-0.2, 0) is 19.1 Å². The maximum atomic E-state index is 14.4. The fourth-order valence-electron chi connectivity index (χ4n) is 12.8. The van der Waals surface area contributed by atoms with Crippen molar-refractivity contribution >= 4 is 17.5 Å². The van der Waals surface area contributed by atoms with Crippen LogP contribution in [0.4, 0.5) is 0 Å². The number of ketones is 2. The van der Waals surface area contributed by atoms with E-state index in [1.165, 1.54) is 0 Å². The van der Waals surface area contributed by atoms with Gasteiger partial charge in [0.15, 0.2) is 23.3 Å². The molecular formula is C39H48O9. The first kappa shape index (κ1) is 32.4.